The molecule has 6 atom stereocenters. The quantitative estimate of drug-likeness (QED) is 0.720. The topological polar surface area (TPSA) is 20.2 Å². The van der Waals surface area contributed by atoms with Gasteiger partial charge in [0.05, 0.1) is 6.10 Å². The van der Waals surface area contributed by atoms with E-state index in [0.717, 1.165) is 35.5 Å². The minimum absolute atomic E-state index is 0.201. The third-order valence-electron chi connectivity index (χ3n) is 5.91. The first-order chi connectivity index (χ1) is 7.64. The van der Waals surface area contributed by atoms with Crippen molar-refractivity contribution in [3.05, 3.63) is 11.6 Å². The molecule has 0 aromatic carbocycles. The van der Waals surface area contributed by atoms with Gasteiger partial charge in [-0.15, -0.1) is 0 Å². The zero-order valence-electron chi connectivity index (χ0n) is 10.7. The van der Waals surface area contributed by atoms with Crippen molar-refractivity contribution in [2.45, 2.75) is 52.6 Å². The molecule has 4 saturated carbocycles. The average molecular weight is 220 g/mol. The lowest BCUT2D eigenvalue weighted by Gasteiger charge is -2.14. The highest BCUT2D eigenvalue weighted by molar-refractivity contribution is 5.29. The van der Waals surface area contributed by atoms with Crippen molar-refractivity contribution >= 4 is 0 Å². The highest BCUT2D eigenvalue weighted by Gasteiger charge is 2.76. The molecule has 0 radical (unpaired) electrons. The van der Waals surface area contributed by atoms with Crippen LogP contribution in [-0.4, -0.2) is 11.2 Å². The molecular weight excluding hydrogens is 196 g/mol. The fourth-order valence-corrected chi connectivity index (χ4v) is 5.04. The lowest BCUT2D eigenvalue weighted by Crippen LogP contribution is -2.10. The van der Waals surface area contributed by atoms with E-state index in [1.165, 1.54) is 24.8 Å². The first-order valence-corrected chi connectivity index (χ1v) is 7.00. The van der Waals surface area contributed by atoms with Crippen LogP contribution in [0.5, 0.6) is 0 Å². The van der Waals surface area contributed by atoms with E-state index in [2.05, 4.69) is 26.8 Å². The average Bonchev–Trinajstić information content (AvgIpc) is 2.65. The Morgan fingerprint density at radius 3 is 2.75 bits per heavy atom. The molecule has 1 N–H and O–H groups in total. The van der Waals surface area contributed by atoms with E-state index in [-0.39, 0.29) is 6.10 Å². The minimum atomic E-state index is -0.201. The molecule has 0 aromatic rings. The van der Waals surface area contributed by atoms with Gasteiger partial charge >= 0.3 is 0 Å². The third-order valence-corrected chi connectivity index (χ3v) is 5.91. The fourth-order valence-electron chi connectivity index (χ4n) is 5.04. The maximum absolute atomic E-state index is 9.84. The van der Waals surface area contributed by atoms with Gasteiger partial charge in [0.15, 0.2) is 0 Å². The number of hydrogen-bond donors (Lipinski definition) is 1. The van der Waals surface area contributed by atoms with Gasteiger partial charge in [0.25, 0.3) is 0 Å². The smallest absolute Gasteiger partial charge is 0.0744 e. The second-order valence-electron chi connectivity index (χ2n) is 6.33. The summed E-state index contributed by atoms with van der Waals surface area (Å²) in [4.78, 5) is 0. The molecule has 4 aliphatic rings. The second-order valence-corrected chi connectivity index (χ2v) is 6.33. The van der Waals surface area contributed by atoms with E-state index in [0.29, 0.717) is 0 Å². The van der Waals surface area contributed by atoms with E-state index >= 15 is 0 Å². The van der Waals surface area contributed by atoms with Gasteiger partial charge in [-0.25, -0.2) is 0 Å². The molecule has 4 fully saturated rings. The largest absolute Gasteiger partial charge is 0.389 e. The van der Waals surface area contributed by atoms with Crippen molar-refractivity contribution in [3.63, 3.8) is 0 Å². The molecule has 4 aliphatic carbocycles. The summed E-state index contributed by atoms with van der Waals surface area (Å²) in [6, 6.07) is 0. The molecule has 1 nitrogen and oxygen atoms in total. The van der Waals surface area contributed by atoms with Crippen molar-refractivity contribution in [2.75, 3.05) is 0 Å². The Kier molecular flexibility index (Phi) is 2.27. The van der Waals surface area contributed by atoms with Gasteiger partial charge in [-0.3, -0.25) is 0 Å². The molecule has 0 saturated heterocycles. The SMILES string of the molecule is CCC(O)/C(C)=C/C1C2CC3C1C3(CC)C2. The first kappa shape index (κ1) is 10.8. The summed E-state index contributed by atoms with van der Waals surface area (Å²) in [5, 5.41) is 9.84. The third kappa shape index (κ3) is 1.16. The van der Waals surface area contributed by atoms with E-state index < -0.39 is 0 Å². The van der Waals surface area contributed by atoms with Crippen LogP contribution in [0, 0.1) is 29.1 Å². The van der Waals surface area contributed by atoms with Gasteiger partial charge in [0.2, 0.25) is 0 Å². The Hall–Kier alpha value is -0.300. The minimum Gasteiger partial charge on any atom is -0.389 e. The van der Waals surface area contributed by atoms with Gasteiger partial charge in [-0.2, -0.15) is 0 Å². The van der Waals surface area contributed by atoms with Crippen LogP contribution in [0.2, 0.25) is 0 Å². The number of hydrogen-bond acceptors (Lipinski definition) is 1. The maximum Gasteiger partial charge on any atom is 0.0744 e. The molecule has 90 valence electrons. The van der Waals surface area contributed by atoms with Gasteiger partial charge in [0.1, 0.15) is 0 Å². The van der Waals surface area contributed by atoms with Crippen molar-refractivity contribution < 1.29 is 5.11 Å². The summed E-state index contributed by atoms with van der Waals surface area (Å²) >= 11 is 0. The van der Waals surface area contributed by atoms with Gasteiger partial charge in [-0.05, 0) is 67.3 Å². The van der Waals surface area contributed by atoms with Gasteiger partial charge in [-0.1, -0.05) is 19.9 Å². The summed E-state index contributed by atoms with van der Waals surface area (Å²) < 4.78 is 0. The molecular formula is C15H24O. The predicted molar refractivity (Wildman–Crippen MR) is 66.0 cm³/mol. The fraction of sp³-hybridized carbons (Fsp3) is 0.867. The Balaban J connectivity index is 1.76. The molecule has 0 aromatic heterocycles. The number of aliphatic hydroxyl groups is 1. The number of rotatable bonds is 4. The number of aliphatic hydroxyl groups excluding tert-OH is 1. The van der Waals surface area contributed by atoms with E-state index in [9.17, 15) is 5.11 Å². The van der Waals surface area contributed by atoms with Gasteiger partial charge < -0.3 is 5.11 Å². The number of allylic oxidation sites excluding steroid dienone is 1. The van der Waals surface area contributed by atoms with Crippen molar-refractivity contribution in [3.8, 4) is 0 Å². The standard InChI is InChI=1S/C15H24O/c1-4-13(16)9(3)6-11-10-7-12-14(11)15(12,5-2)8-10/h6,10-14,16H,4-5,7-8H2,1-3H3/b9-6+. The molecule has 4 rings (SSSR count). The van der Waals surface area contributed by atoms with Crippen molar-refractivity contribution in [2.24, 2.45) is 29.1 Å². The predicted octanol–water partition coefficient (Wildman–Crippen LogP) is 3.39. The Morgan fingerprint density at radius 1 is 1.50 bits per heavy atom. The summed E-state index contributed by atoms with van der Waals surface area (Å²) in [6.07, 6.45) is 7.43. The van der Waals surface area contributed by atoms with Crippen LogP contribution >= 0.6 is 0 Å². The zero-order chi connectivity index (χ0) is 11.5. The summed E-state index contributed by atoms with van der Waals surface area (Å²) in [5.74, 6) is 3.80. The Labute approximate surface area is 98.9 Å². The molecule has 4 bridgehead atoms. The summed E-state index contributed by atoms with van der Waals surface area (Å²) in [6.45, 7) is 6.54. The normalized spacial score (nSPS) is 50.9. The van der Waals surface area contributed by atoms with E-state index in [1.54, 1.807) is 0 Å². The molecule has 0 aliphatic heterocycles. The summed E-state index contributed by atoms with van der Waals surface area (Å²) in [7, 11) is 0. The van der Waals surface area contributed by atoms with Crippen molar-refractivity contribution in [1.29, 1.82) is 0 Å². The highest BCUT2D eigenvalue weighted by atomic mass is 16.3. The van der Waals surface area contributed by atoms with E-state index in [4.69, 9.17) is 0 Å². The van der Waals surface area contributed by atoms with Crippen LogP contribution in [0.3, 0.4) is 0 Å². The monoisotopic (exact) mass is 220 g/mol. The van der Waals surface area contributed by atoms with Crippen LogP contribution in [0.15, 0.2) is 11.6 Å². The first-order valence-electron chi connectivity index (χ1n) is 7.00. The molecule has 16 heavy (non-hydrogen) atoms. The Bertz CT molecular complexity index is 332. The summed E-state index contributed by atoms with van der Waals surface area (Å²) in [5.41, 5.74) is 1.97. The van der Waals surface area contributed by atoms with Crippen LogP contribution in [0.4, 0.5) is 0 Å². The van der Waals surface area contributed by atoms with Crippen LogP contribution in [0.25, 0.3) is 0 Å². The van der Waals surface area contributed by atoms with E-state index in [1.807, 2.05) is 0 Å². The second kappa shape index (κ2) is 3.35. The molecule has 6 unspecified atom stereocenters. The molecule has 0 amide bonds. The maximum atomic E-state index is 9.84. The van der Waals surface area contributed by atoms with Crippen LogP contribution in [0.1, 0.15) is 46.5 Å². The molecule has 0 heterocycles. The zero-order valence-corrected chi connectivity index (χ0v) is 10.7. The molecule has 1 heteroatoms. The molecule has 0 spiro atoms. The Morgan fingerprint density at radius 2 is 2.25 bits per heavy atom. The van der Waals surface area contributed by atoms with Crippen LogP contribution in [-0.2, 0) is 0 Å². The van der Waals surface area contributed by atoms with Crippen molar-refractivity contribution in [1.82, 2.24) is 0 Å². The highest BCUT2D eigenvalue weighted by Crippen LogP contribution is 2.82. The van der Waals surface area contributed by atoms with Gasteiger partial charge in [0, 0.05) is 0 Å². The van der Waals surface area contributed by atoms with Crippen LogP contribution < -0.4 is 0 Å². The lowest BCUT2D eigenvalue weighted by atomic mass is 9.94. The lowest BCUT2D eigenvalue weighted by molar-refractivity contribution is 0.205.